The average molecular weight is 338 g/mol. The monoisotopic (exact) mass is 338 g/mol. The van der Waals surface area contributed by atoms with Gasteiger partial charge in [0, 0.05) is 43.1 Å². The van der Waals surface area contributed by atoms with Crippen molar-refractivity contribution in [1.82, 2.24) is 4.90 Å². The van der Waals surface area contributed by atoms with Crippen molar-refractivity contribution in [2.75, 3.05) is 24.6 Å². The van der Waals surface area contributed by atoms with Gasteiger partial charge in [-0.3, -0.25) is 9.69 Å². The molecule has 0 unspecified atom stereocenters. The maximum absolute atomic E-state index is 12.7. The van der Waals surface area contributed by atoms with Gasteiger partial charge in [-0.05, 0) is 43.9 Å². The molecule has 25 heavy (non-hydrogen) atoms. The van der Waals surface area contributed by atoms with E-state index >= 15 is 0 Å². The predicted molar refractivity (Wildman–Crippen MR) is 97.5 cm³/mol. The third-order valence-corrected chi connectivity index (χ3v) is 7.50. The van der Waals surface area contributed by atoms with Crippen LogP contribution in [0.2, 0.25) is 0 Å². The molecule has 1 spiro atoms. The van der Waals surface area contributed by atoms with E-state index in [0.29, 0.717) is 12.0 Å². The molecule has 5 atom stereocenters. The molecule has 4 nitrogen and oxygen atoms in total. The number of para-hydroxylation sites is 1. The van der Waals surface area contributed by atoms with Gasteiger partial charge < -0.3 is 10.0 Å². The lowest BCUT2D eigenvalue weighted by Crippen LogP contribution is -2.65. The van der Waals surface area contributed by atoms with E-state index in [4.69, 9.17) is 0 Å². The number of anilines is 1. The zero-order valence-electron chi connectivity index (χ0n) is 15.0. The van der Waals surface area contributed by atoms with Crippen molar-refractivity contribution in [2.45, 2.75) is 44.2 Å². The molecule has 0 radical (unpaired) electrons. The first-order valence-electron chi connectivity index (χ1n) is 9.52. The number of aliphatic hydroxyl groups is 1. The molecule has 2 bridgehead atoms. The second-order valence-electron chi connectivity index (χ2n) is 8.18. The van der Waals surface area contributed by atoms with Crippen molar-refractivity contribution in [2.24, 2.45) is 11.8 Å². The van der Waals surface area contributed by atoms with E-state index in [9.17, 15) is 9.90 Å². The molecule has 4 heteroatoms. The summed E-state index contributed by atoms with van der Waals surface area (Å²) in [6.07, 6.45) is 4.44. The molecule has 1 amide bonds. The molecule has 1 aliphatic carbocycles. The number of fused-ring (bicyclic) bond motifs is 2. The summed E-state index contributed by atoms with van der Waals surface area (Å²) in [6, 6.07) is 9.04. The Morgan fingerprint density at radius 1 is 1.40 bits per heavy atom. The molecule has 4 aliphatic rings. The fourth-order valence-electron chi connectivity index (χ4n) is 6.69. The molecule has 5 rings (SSSR count). The van der Waals surface area contributed by atoms with Gasteiger partial charge in [0.25, 0.3) is 0 Å². The number of hydrogen-bond donors (Lipinski definition) is 1. The summed E-state index contributed by atoms with van der Waals surface area (Å²) in [5.74, 6) is 0.621. The van der Waals surface area contributed by atoms with Crippen LogP contribution >= 0.6 is 0 Å². The van der Waals surface area contributed by atoms with Crippen LogP contribution in [0.25, 0.3) is 0 Å². The van der Waals surface area contributed by atoms with Gasteiger partial charge in [-0.15, -0.1) is 0 Å². The quantitative estimate of drug-likeness (QED) is 0.799. The topological polar surface area (TPSA) is 43.8 Å². The summed E-state index contributed by atoms with van der Waals surface area (Å²) >= 11 is 0. The first kappa shape index (κ1) is 15.6. The van der Waals surface area contributed by atoms with Gasteiger partial charge in [0.2, 0.25) is 5.91 Å². The fourth-order valence-corrected chi connectivity index (χ4v) is 6.69. The number of nitrogens with zero attached hydrogens (tertiary/aromatic N) is 2. The van der Waals surface area contributed by atoms with Gasteiger partial charge in [0.05, 0.1) is 6.04 Å². The number of carbonyl (C=O) groups excluding carboxylic acids is 1. The third kappa shape index (κ3) is 1.72. The molecule has 3 heterocycles. The lowest BCUT2D eigenvalue weighted by molar-refractivity contribution is -0.118. The largest absolute Gasteiger partial charge is 0.396 e. The molecule has 3 aliphatic heterocycles. The van der Waals surface area contributed by atoms with Gasteiger partial charge >= 0.3 is 0 Å². The predicted octanol–water partition coefficient (Wildman–Crippen LogP) is 2.32. The van der Waals surface area contributed by atoms with Crippen LogP contribution < -0.4 is 4.90 Å². The van der Waals surface area contributed by atoms with E-state index in [1.54, 1.807) is 6.92 Å². The molecule has 132 valence electrons. The first-order chi connectivity index (χ1) is 12.1. The lowest BCUT2D eigenvalue weighted by Gasteiger charge is -2.56. The molecule has 1 aromatic carbocycles. The van der Waals surface area contributed by atoms with Gasteiger partial charge in [0.1, 0.15) is 0 Å². The van der Waals surface area contributed by atoms with Crippen LogP contribution in [0.5, 0.6) is 0 Å². The fraction of sp³-hybridized carbons (Fsp3) is 0.571. The Morgan fingerprint density at radius 2 is 2.20 bits per heavy atom. The smallest absolute Gasteiger partial charge is 0.224 e. The average Bonchev–Trinajstić information content (AvgIpc) is 3.15. The van der Waals surface area contributed by atoms with Crippen molar-refractivity contribution in [3.05, 3.63) is 41.5 Å². The molecule has 1 aromatic rings. The van der Waals surface area contributed by atoms with Crippen molar-refractivity contribution >= 4 is 11.6 Å². The summed E-state index contributed by atoms with van der Waals surface area (Å²) in [5, 5.41) is 10.4. The van der Waals surface area contributed by atoms with Crippen molar-refractivity contribution in [1.29, 1.82) is 0 Å². The van der Waals surface area contributed by atoms with Crippen molar-refractivity contribution in [3.8, 4) is 0 Å². The van der Waals surface area contributed by atoms with Gasteiger partial charge in [-0.25, -0.2) is 0 Å². The van der Waals surface area contributed by atoms with E-state index < -0.39 is 0 Å². The Hall–Kier alpha value is -1.65. The highest BCUT2D eigenvalue weighted by Crippen LogP contribution is 2.63. The number of amides is 1. The summed E-state index contributed by atoms with van der Waals surface area (Å²) < 4.78 is 0. The lowest BCUT2D eigenvalue weighted by atomic mass is 9.55. The van der Waals surface area contributed by atoms with Crippen LogP contribution in [-0.2, 0) is 10.2 Å². The molecular weight excluding hydrogens is 312 g/mol. The number of aliphatic hydroxyl groups excluding tert-OH is 1. The first-order valence-corrected chi connectivity index (χ1v) is 9.52. The Kier molecular flexibility index (Phi) is 3.23. The highest BCUT2D eigenvalue weighted by atomic mass is 16.3. The van der Waals surface area contributed by atoms with Crippen LogP contribution in [0, 0.1) is 11.8 Å². The van der Waals surface area contributed by atoms with E-state index in [1.165, 1.54) is 11.1 Å². The van der Waals surface area contributed by atoms with Crippen LogP contribution in [0.4, 0.5) is 5.69 Å². The van der Waals surface area contributed by atoms with E-state index in [-0.39, 0.29) is 29.9 Å². The second-order valence-corrected chi connectivity index (χ2v) is 8.18. The zero-order valence-corrected chi connectivity index (χ0v) is 15.0. The highest BCUT2D eigenvalue weighted by molar-refractivity contribution is 5.96. The van der Waals surface area contributed by atoms with Crippen LogP contribution in [0.15, 0.2) is 35.9 Å². The van der Waals surface area contributed by atoms with E-state index in [0.717, 1.165) is 31.6 Å². The summed E-state index contributed by atoms with van der Waals surface area (Å²) in [5.41, 5.74) is 3.86. The van der Waals surface area contributed by atoms with Crippen LogP contribution in [-0.4, -0.2) is 47.7 Å². The zero-order chi connectivity index (χ0) is 17.3. The molecular formula is C21H26N2O2. The number of piperidine rings is 1. The van der Waals surface area contributed by atoms with E-state index in [1.807, 2.05) is 11.0 Å². The van der Waals surface area contributed by atoms with Crippen molar-refractivity contribution in [3.63, 3.8) is 0 Å². The van der Waals surface area contributed by atoms with E-state index in [2.05, 4.69) is 36.1 Å². The maximum atomic E-state index is 12.7. The number of benzene rings is 1. The third-order valence-electron chi connectivity index (χ3n) is 7.50. The molecule has 3 fully saturated rings. The minimum absolute atomic E-state index is 0.00850. The minimum atomic E-state index is -0.00850. The second kappa shape index (κ2) is 5.18. The molecule has 1 saturated carbocycles. The van der Waals surface area contributed by atoms with Gasteiger partial charge in [-0.1, -0.05) is 29.8 Å². The minimum Gasteiger partial charge on any atom is -0.396 e. The summed E-state index contributed by atoms with van der Waals surface area (Å²) in [6.45, 7) is 6.06. The Bertz CT molecular complexity index is 773. The molecule has 0 aromatic heterocycles. The Balaban J connectivity index is 1.77. The summed E-state index contributed by atoms with van der Waals surface area (Å²) in [7, 11) is 0. The van der Waals surface area contributed by atoms with Gasteiger partial charge in [-0.2, -0.15) is 0 Å². The standard InChI is InChI=1S/C21H26N2O2/c1-3-14-11-22-9-8-21-17-6-4-5-7-18(17)23(13(2)25)20(21)16(12-24)15(14)10-19(21)22/h3-7,15-16,19-20,24H,8-12H2,1-2H3/t15-,16-,19-,20-,21+/m0/s1. The molecule has 1 N–H and O–H groups in total. The van der Waals surface area contributed by atoms with Crippen molar-refractivity contribution < 1.29 is 9.90 Å². The number of rotatable bonds is 1. The highest BCUT2D eigenvalue weighted by Gasteiger charge is 2.67. The Labute approximate surface area is 149 Å². The SMILES string of the molecule is CC=C1CN2CC[C@]34c5ccccc5N(C(C)=O)[C@H]3[C@@H](CO)[C@H]1C[C@H]24. The normalized spacial score (nSPS) is 40.3. The van der Waals surface area contributed by atoms with Gasteiger partial charge in [0.15, 0.2) is 0 Å². The number of hydrogen-bond acceptors (Lipinski definition) is 3. The van der Waals surface area contributed by atoms with Crippen LogP contribution in [0.1, 0.15) is 32.3 Å². The van der Waals surface area contributed by atoms with Crippen LogP contribution in [0.3, 0.4) is 0 Å². The molecule has 2 saturated heterocycles. The number of carbonyl (C=O) groups is 1. The Morgan fingerprint density at radius 3 is 2.92 bits per heavy atom. The maximum Gasteiger partial charge on any atom is 0.224 e. The number of allylic oxidation sites excluding steroid dienone is 1. The summed E-state index contributed by atoms with van der Waals surface area (Å²) in [4.78, 5) is 17.3.